The predicted octanol–water partition coefficient (Wildman–Crippen LogP) is 4.78. The Kier molecular flexibility index (Phi) is 6.65. The van der Waals surface area contributed by atoms with E-state index < -0.39 is 11.4 Å². The lowest BCUT2D eigenvalue weighted by Gasteiger charge is -2.35. The molecule has 0 aliphatic carbocycles. The number of fused-ring (bicyclic) bond motifs is 1. The molecule has 0 spiro atoms. The van der Waals surface area contributed by atoms with Gasteiger partial charge < -0.3 is 21.1 Å². The first-order valence-electron chi connectivity index (χ1n) is 11.4. The maximum absolute atomic E-state index is 11.7. The number of nitrogens with zero attached hydrogens (tertiary/aromatic N) is 1. The number of carbonyl (C=O) groups is 1. The van der Waals surface area contributed by atoms with Crippen molar-refractivity contribution in [2.24, 2.45) is 0 Å². The zero-order chi connectivity index (χ0) is 23.4. The second-order valence-corrected chi connectivity index (χ2v) is 9.28. The molecule has 0 bridgehead atoms. The zero-order valence-electron chi connectivity index (χ0n) is 19.4. The molecule has 4 rings (SSSR count). The van der Waals surface area contributed by atoms with Crippen LogP contribution in [-0.4, -0.2) is 35.2 Å². The topological polar surface area (TPSA) is 86.3 Å². The maximum Gasteiger partial charge on any atom is 0.313 e. The van der Waals surface area contributed by atoms with Crippen molar-refractivity contribution in [3.8, 4) is 0 Å². The second-order valence-electron chi connectivity index (χ2n) is 9.28. The Hall–Kier alpha value is -3.38. The van der Waals surface area contributed by atoms with Gasteiger partial charge in [-0.1, -0.05) is 61.5 Å². The molecule has 172 valence electrons. The summed E-state index contributed by atoms with van der Waals surface area (Å²) in [5.74, 6) is 0.259. The Morgan fingerprint density at radius 2 is 1.88 bits per heavy atom. The Labute approximate surface area is 195 Å². The van der Waals surface area contributed by atoms with E-state index in [1.807, 2.05) is 36.4 Å². The van der Waals surface area contributed by atoms with E-state index in [2.05, 4.69) is 58.2 Å². The van der Waals surface area contributed by atoms with Crippen molar-refractivity contribution in [1.82, 2.24) is 10.3 Å². The summed E-state index contributed by atoms with van der Waals surface area (Å²) in [6.07, 6.45) is 1.80. The van der Waals surface area contributed by atoms with Crippen LogP contribution in [0.4, 0.5) is 11.5 Å². The number of carboxylic acid groups (broad SMARTS) is 1. The van der Waals surface area contributed by atoms with Gasteiger partial charge in [-0.3, -0.25) is 4.79 Å². The van der Waals surface area contributed by atoms with Crippen molar-refractivity contribution >= 4 is 17.5 Å². The van der Waals surface area contributed by atoms with E-state index in [0.717, 1.165) is 35.7 Å². The lowest BCUT2D eigenvalue weighted by atomic mass is 9.83. The predicted molar refractivity (Wildman–Crippen MR) is 133 cm³/mol. The summed E-state index contributed by atoms with van der Waals surface area (Å²) < 4.78 is 0. The van der Waals surface area contributed by atoms with Gasteiger partial charge >= 0.3 is 5.97 Å². The van der Waals surface area contributed by atoms with Gasteiger partial charge in [0.2, 0.25) is 0 Å². The number of pyridine rings is 1. The fourth-order valence-electron chi connectivity index (χ4n) is 4.24. The molecule has 2 heterocycles. The number of carboxylic acids is 1. The van der Waals surface area contributed by atoms with E-state index in [9.17, 15) is 9.90 Å². The first-order chi connectivity index (χ1) is 15.9. The highest BCUT2D eigenvalue weighted by molar-refractivity contribution is 5.80. The average Bonchev–Trinajstić information content (AvgIpc) is 2.84. The normalized spacial score (nSPS) is 17.2. The van der Waals surface area contributed by atoms with Crippen LogP contribution in [-0.2, 0) is 10.2 Å². The SMILES string of the molecule is C[C@H](CN[C@H](c1ccccc1)[C@H]1CNc2cccnc2N1)c1cccc(C(C)(C)C(=O)O)c1. The van der Waals surface area contributed by atoms with Crippen LogP contribution in [0, 0.1) is 0 Å². The number of benzene rings is 2. The Balaban J connectivity index is 1.52. The molecule has 0 saturated heterocycles. The van der Waals surface area contributed by atoms with Gasteiger partial charge in [0.1, 0.15) is 5.82 Å². The summed E-state index contributed by atoms with van der Waals surface area (Å²) >= 11 is 0. The molecule has 0 radical (unpaired) electrons. The van der Waals surface area contributed by atoms with Gasteiger partial charge in [0.25, 0.3) is 0 Å². The van der Waals surface area contributed by atoms with Crippen LogP contribution in [0.5, 0.6) is 0 Å². The lowest BCUT2D eigenvalue weighted by Crippen LogP contribution is -2.45. The lowest BCUT2D eigenvalue weighted by molar-refractivity contribution is -0.142. The third-order valence-electron chi connectivity index (χ3n) is 6.56. The van der Waals surface area contributed by atoms with Crippen LogP contribution < -0.4 is 16.0 Å². The molecule has 2 aromatic carbocycles. The zero-order valence-corrected chi connectivity index (χ0v) is 19.4. The van der Waals surface area contributed by atoms with Crippen LogP contribution in [0.15, 0.2) is 72.9 Å². The van der Waals surface area contributed by atoms with Crippen molar-refractivity contribution in [3.63, 3.8) is 0 Å². The summed E-state index contributed by atoms with van der Waals surface area (Å²) in [7, 11) is 0. The van der Waals surface area contributed by atoms with Crippen molar-refractivity contribution in [2.45, 2.75) is 44.2 Å². The molecule has 6 nitrogen and oxygen atoms in total. The van der Waals surface area contributed by atoms with Crippen LogP contribution >= 0.6 is 0 Å². The maximum atomic E-state index is 11.7. The molecule has 3 atom stereocenters. The average molecular weight is 445 g/mol. The number of nitrogens with one attached hydrogen (secondary N) is 3. The van der Waals surface area contributed by atoms with Crippen molar-refractivity contribution < 1.29 is 9.90 Å². The van der Waals surface area contributed by atoms with Gasteiger partial charge in [0.05, 0.1) is 23.2 Å². The highest BCUT2D eigenvalue weighted by Crippen LogP contribution is 2.30. The van der Waals surface area contributed by atoms with Crippen LogP contribution in [0.1, 0.15) is 49.4 Å². The van der Waals surface area contributed by atoms with Gasteiger partial charge in [-0.2, -0.15) is 0 Å². The van der Waals surface area contributed by atoms with E-state index in [0.29, 0.717) is 0 Å². The third-order valence-corrected chi connectivity index (χ3v) is 6.56. The van der Waals surface area contributed by atoms with Crippen LogP contribution in [0.3, 0.4) is 0 Å². The summed E-state index contributed by atoms with van der Waals surface area (Å²) in [4.78, 5) is 16.2. The molecule has 6 heteroatoms. The monoisotopic (exact) mass is 444 g/mol. The van der Waals surface area contributed by atoms with Crippen molar-refractivity contribution in [3.05, 3.63) is 89.6 Å². The molecular formula is C27H32N4O2. The Morgan fingerprint density at radius 1 is 1.12 bits per heavy atom. The molecule has 0 fully saturated rings. The largest absolute Gasteiger partial charge is 0.481 e. The summed E-state index contributed by atoms with van der Waals surface area (Å²) in [6, 6.07) is 22.6. The molecule has 0 saturated carbocycles. The van der Waals surface area contributed by atoms with Gasteiger partial charge in [0.15, 0.2) is 0 Å². The number of rotatable bonds is 8. The second kappa shape index (κ2) is 9.63. The van der Waals surface area contributed by atoms with Crippen LogP contribution in [0.25, 0.3) is 0 Å². The van der Waals surface area contributed by atoms with E-state index in [4.69, 9.17) is 0 Å². The first kappa shape index (κ1) is 22.8. The van der Waals surface area contributed by atoms with Gasteiger partial charge in [0, 0.05) is 19.3 Å². The highest BCUT2D eigenvalue weighted by atomic mass is 16.4. The standard InChI is InChI=1S/C27H32N4O2/c1-18(20-11-7-12-21(15-20)27(2,3)26(32)33)16-30-24(19-9-5-4-6-10-19)23-17-29-22-13-8-14-28-25(22)31-23/h4-15,18,23-24,29-30H,16-17H2,1-3H3,(H,28,31)(H,32,33)/t18-,23-,24-/m1/s1. The van der Waals surface area contributed by atoms with Crippen molar-refractivity contribution in [2.75, 3.05) is 23.7 Å². The molecule has 1 aliphatic rings. The summed E-state index contributed by atoms with van der Waals surface area (Å²) in [6.45, 7) is 7.20. The molecule has 0 amide bonds. The molecule has 33 heavy (non-hydrogen) atoms. The smallest absolute Gasteiger partial charge is 0.313 e. The molecule has 1 aliphatic heterocycles. The number of hydrogen-bond acceptors (Lipinski definition) is 5. The minimum Gasteiger partial charge on any atom is -0.481 e. The molecule has 0 unspecified atom stereocenters. The Morgan fingerprint density at radius 3 is 2.64 bits per heavy atom. The molecular weight excluding hydrogens is 412 g/mol. The quantitative estimate of drug-likeness (QED) is 0.400. The summed E-state index contributed by atoms with van der Waals surface area (Å²) in [5.41, 5.74) is 3.26. The fraction of sp³-hybridized carbons (Fsp3) is 0.333. The first-order valence-corrected chi connectivity index (χ1v) is 11.4. The van der Waals surface area contributed by atoms with Gasteiger partial charge in [-0.05, 0) is 48.6 Å². The van der Waals surface area contributed by atoms with Crippen LogP contribution in [0.2, 0.25) is 0 Å². The molecule has 3 aromatic rings. The fourth-order valence-corrected chi connectivity index (χ4v) is 4.24. The number of aliphatic carboxylic acids is 1. The van der Waals surface area contributed by atoms with Gasteiger partial charge in [-0.15, -0.1) is 0 Å². The van der Waals surface area contributed by atoms with E-state index >= 15 is 0 Å². The Bertz CT molecular complexity index is 1100. The molecule has 1 aromatic heterocycles. The van der Waals surface area contributed by atoms with E-state index in [1.165, 1.54) is 5.56 Å². The highest BCUT2D eigenvalue weighted by Gasteiger charge is 2.30. The summed E-state index contributed by atoms with van der Waals surface area (Å²) in [5, 5.41) is 20.5. The van der Waals surface area contributed by atoms with Gasteiger partial charge in [-0.25, -0.2) is 4.98 Å². The minimum absolute atomic E-state index is 0.0787. The number of anilines is 2. The number of aromatic nitrogens is 1. The molecule has 4 N–H and O–H groups in total. The van der Waals surface area contributed by atoms with Crippen molar-refractivity contribution in [1.29, 1.82) is 0 Å². The minimum atomic E-state index is -0.923. The number of hydrogen-bond donors (Lipinski definition) is 4. The van der Waals surface area contributed by atoms with E-state index in [1.54, 1.807) is 20.0 Å². The van der Waals surface area contributed by atoms with E-state index in [-0.39, 0.29) is 18.0 Å². The third kappa shape index (κ3) is 5.01.